The van der Waals surface area contributed by atoms with E-state index in [4.69, 9.17) is 28.1 Å². The number of phenols is 1. The standard InChI is InChI=1S/C26H26O6.C17H27NO3.ClH/c1-14(2)6-11-17-22-18(12-13-26(3,4)32-22)24-20(23(17)30-5)21(28)19(25(29)31-24)15-7-9-16(27)10-8-15;1-2-3-12-20-16-5-7-17(8-6-16)21-13-4-9-18-10-14-19-15-11-18;/h6-10,12-13,27-28H,11H2,1-5H3;5-8H,2-4,9-15H2,1H3;1H. The molecule has 54 heavy (non-hydrogen) atoms. The van der Waals surface area contributed by atoms with Crippen molar-refractivity contribution >= 4 is 29.5 Å². The summed E-state index contributed by atoms with van der Waals surface area (Å²) in [4.78, 5) is 15.4. The van der Waals surface area contributed by atoms with Crippen LogP contribution >= 0.6 is 12.4 Å². The molecule has 0 spiro atoms. The van der Waals surface area contributed by atoms with Crippen molar-refractivity contribution in [3.8, 4) is 45.6 Å². The molecule has 2 aliphatic rings. The van der Waals surface area contributed by atoms with Gasteiger partial charge >= 0.3 is 5.63 Å². The Hall–Kier alpha value is -4.64. The van der Waals surface area contributed by atoms with E-state index in [1.54, 1.807) is 12.1 Å². The molecule has 11 heteroatoms. The van der Waals surface area contributed by atoms with Crippen LogP contribution in [0.1, 0.15) is 65.0 Å². The Kier molecular flexibility index (Phi) is 15.3. The van der Waals surface area contributed by atoms with E-state index in [-0.39, 0.29) is 35.1 Å². The zero-order valence-electron chi connectivity index (χ0n) is 32.2. The maximum atomic E-state index is 12.9. The molecule has 4 aromatic rings. The second-order valence-electron chi connectivity index (χ2n) is 14.0. The number of hydrogen-bond acceptors (Lipinski definition) is 10. The highest BCUT2D eigenvalue weighted by atomic mass is 35.5. The van der Waals surface area contributed by atoms with Crippen molar-refractivity contribution in [1.29, 1.82) is 0 Å². The van der Waals surface area contributed by atoms with Gasteiger partial charge in [-0.2, -0.15) is 0 Å². The van der Waals surface area contributed by atoms with Gasteiger partial charge in [0.1, 0.15) is 51.0 Å². The van der Waals surface area contributed by atoms with Gasteiger partial charge in [0.15, 0.2) is 5.58 Å². The first-order chi connectivity index (χ1) is 25.5. The Bertz CT molecular complexity index is 1940. The molecule has 0 aliphatic carbocycles. The third kappa shape index (κ3) is 10.7. The predicted molar refractivity (Wildman–Crippen MR) is 216 cm³/mol. The molecule has 3 aromatic carbocycles. The molecule has 0 amide bonds. The number of unbranched alkanes of at least 4 members (excludes halogenated alkanes) is 1. The number of halogens is 1. The summed E-state index contributed by atoms with van der Waals surface area (Å²) >= 11 is 0. The molecule has 0 radical (unpaired) electrons. The molecule has 1 saturated heterocycles. The molecule has 1 fully saturated rings. The van der Waals surface area contributed by atoms with Crippen LogP contribution < -0.4 is 24.6 Å². The predicted octanol–water partition coefficient (Wildman–Crippen LogP) is 8.96. The Balaban J connectivity index is 0.000000257. The summed E-state index contributed by atoms with van der Waals surface area (Å²) in [7, 11) is 1.52. The number of hydrogen-bond donors (Lipinski definition) is 2. The smallest absolute Gasteiger partial charge is 0.348 e. The van der Waals surface area contributed by atoms with Crippen molar-refractivity contribution in [3.05, 3.63) is 87.8 Å². The number of fused-ring (bicyclic) bond motifs is 3. The fraction of sp³-hybridized carbons (Fsp3) is 0.419. The Morgan fingerprint density at radius 1 is 0.944 bits per heavy atom. The second-order valence-corrected chi connectivity index (χ2v) is 14.0. The van der Waals surface area contributed by atoms with Crippen molar-refractivity contribution in [2.75, 3.05) is 53.2 Å². The van der Waals surface area contributed by atoms with E-state index in [0.29, 0.717) is 34.4 Å². The SMILES string of the molecule is CCCCOc1ccc(OCCCN2CCOCC2)cc1.COc1c(CC=C(C)C)c2c(c3oc(=O)c(-c4ccc(O)cc4)c(O)c13)C=CC(C)(C)O2.Cl. The van der Waals surface area contributed by atoms with E-state index in [2.05, 4.69) is 17.9 Å². The van der Waals surface area contributed by atoms with E-state index in [1.165, 1.54) is 19.2 Å². The van der Waals surface area contributed by atoms with Gasteiger partial charge in [-0.25, -0.2) is 4.79 Å². The summed E-state index contributed by atoms with van der Waals surface area (Å²) in [6, 6.07) is 13.9. The first kappa shape index (κ1) is 42.1. The van der Waals surface area contributed by atoms with E-state index in [9.17, 15) is 15.0 Å². The van der Waals surface area contributed by atoms with Gasteiger partial charge in [-0.1, -0.05) is 37.1 Å². The number of ether oxygens (including phenoxy) is 5. The van der Waals surface area contributed by atoms with E-state index in [1.807, 2.05) is 64.1 Å². The van der Waals surface area contributed by atoms with Crippen LogP contribution in [0.3, 0.4) is 0 Å². The minimum Gasteiger partial charge on any atom is -0.508 e. The van der Waals surface area contributed by atoms with Crippen LogP contribution in [0, 0.1) is 0 Å². The molecular weight excluding hydrogens is 710 g/mol. The Morgan fingerprint density at radius 2 is 1.57 bits per heavy atom. The lowest BCUT2D eigenvalue weighted by Crippen LogP contribution is -2.37. The maximum absolute atomic E-state index is 12.9. The fourth-order valence-corrected chi connectivity index (χ4v) is 6.16. The van der Waals surface area contributed by atoms with Crippen molar-refractivity contribution < 1.29 is 38.3 Å². The molecule has 6 rings (SSSR count). The number of morpholine rings is 1. The van der Waals surface area contributed by atoms with Gasteiger partial charge in [-0.3, -0.25) is 4.90 Å². The minimum atomic E-state index is -0.694. The molecule has 0 saturated carbocycles. The van der Waals surface area contributed by atoms with Crippen molar-refractivity contribution in [3.63, 3.8) is 0 Å². The average molecular weight is 764 g/mol. The van der Waals surface area contributed by atoms with Crippen LogP contribution in [0.4, 0.5) is 0 Å². The normalized spacial score (nSPS) is 14.5. The average Bonchev–Trinajstić information content (AvgIpc) is 3.14. The molecule has 10 nitrogen and oxygen atoms in total. The highest BCUT2D eigenvalue weighted by Crippen LogP contribution is 2.49. The number of nitrogens with zero attached hydrogens (tertiary/aromatic N) is 1. The quantitative estimate of drug-likeness (QED) is 0.0776. The first-order valence-corrected chi connectivity index (χ1v) is 18.4. The number of allylic oxidation sites excluding steroid dienone is 2. The van der Waals surface area contributed by atoms with Gasteiger partial charge in [0.25, 0.3) is 0 Å². The summed E-state index contributed by atoms with van der Waals surface area (Å²) in [5, 5.41) is 21.2. The summed E-state index contributed by atoms with van der Waals surface area (Å²) in [6.45, 7) is 16.5. The largest absolute Gasteiger partial charge is 0.508 e. The number of rotatable bonds is 13. The van der Waals surface area contributed by atoms with Crippen LogP contribution in [0.2, 0.25) is 0 Å². The van der Waals surface area contributed by atoms with Crippen molar-refractivity contribution in [1.82, 2.24) is 4.90 Å². The zero-order valence-corrected chi connectivity index (χ0v) is 33.1. The Labute approximate surface area is 324 Å². The molecule has 1 aromatic heterocycles. The summed E-state index contributed by atoms with van der Waals surface area (Å²) in [5.74, 6) is 2.61. The van der Waals surface area contributed by atoms with Gasteiger partial charge in [-0.15, -0.1) is 12.4 Å². The molecule has 3 heterocycles. The maximum Gasteiger partial charge on any atom is 0.348 e. The molecule has 0 bridgehead atoms. The van der Waals surface area contributed by atoms with E-state index >= 15 is 0 Å². The van der Waals surface area contributed by atoms with Gasteiger partial charge in [0.05, 0.1) is 39.1 Å². The summed E-state index contributed by atoms with van der Waals surface area (Å²) in [5.41, 5.74) is 1.85. The van der Waals surface area contributed by atoms with Gasteiger partial charge in [0, 0.05) is 25.2 Å². The van der Waals surface area contributed by atoms with Crippen molar-refractivity contribution in [2.45, 2.75) is 65.9 Å². The van der Waals surface area contributed by atoms with Crippen molar-refractivity contribution in [2.24, 2.45) is 0 Å². The van der Waals surface area contributed by atoms with Gasteiger partial charge in [-0.05, 0) is 101 Å². The Morgan fingerprint density at radius 3 is 2.17 bits per heavy atom. The lowest BCUT2D eigenvalue weighted by Gasteiger charge is -2.31. The summed E-state index contributed by atoms with van der Waals surface area (Å²) in [6.07, 6.45) is 9.61. The molecule has 0 atom stereocenters. The van der Waals surface area contributed by atoms with Gasteiger partial charge < -0.3 is 38.3 Å². The van der Waals surface area contributed by atoms with Crippen LogP contribution in [0.25, 0.3) is 28.2 Å². The van der Waals surface area contributed by atoms with Crippen LogP contribution in [-0.4, -0.2) is 73.9 Å². The molecule has 292 valence electrons. The molecule has 2 aliphatic heterocycles. The van der Waals surface area contributed by atoms with E-state index < -0.39 is 11.2 Å². The number of phenolic OH excluding ortho intramolecular Hbond substituents is 1. The molecule has 2 N–H and O–H groups in total. The number of benzene rings is 3. The molecular formula is C43H54ClNO9. The third-order valence-corrected chi connectivity index (χ3v) is 9.04. The van der Waals surface area contributed by atoms with Crippen LogP contribution in [-0.2, 0) is 11.2 Å². The van der Waals surface area contributed by atoms with Crippen LogP contribution in [0.15, 0.2) is 75.5 Å². The monoisotopic (exact) mass is 763 g/mol. The fourth-order valence-electron chi connectivity index (χ4n) is 6.16. The first-order valence-electron chi connectivity index (χ1n) is 18.4. The molecule has 0 unspecified atom stereocenters. The summed E-state index contributed by atoms with van der Waals surface area (Å²) < 4.78 is 34.5. The zero-order chi connectivity index (χ0) is 38.0. The van der Waals surface area contributed by atoms with E-state index in [0.717, 1.165) is 88.0 Å². The third-order valence-electron chi connectivity index (χ3n) is 9.04. The minimum absolute atomic E-state index is 0. The highest BCUT2D eigenvalue weighted by Gasteiger charge is 2.32. The van der Waals surface area contributed by atoms with Crippen LogP contribution in [0.5, 0.6) is 34.5 Å². The number of methoxy groups -OCH3 is 1. The highest BCUT2D eigenvalue weighted by molar-refractivity contribution is 6.02. The lowest BCUT2D eigenvalue weighted by atomic mass is 9.93. The topological polar surface area (TPSA) is 120 Å². The number of aromatic hydroxyl groups is 2. The van der Waals surface area contributed by atoms with Gasteiger partial charge in [0.2, 0.25) is 0 Å². The second kappa shape index (κ2) is 19.6. The lowest BCUT2D eigenvalue weighted by molar-refractivity contribution is 0.0358.